The third-order valence-corrected chi connectivity index (χ3v) is 8.20. The Kier molecular flexibility index (Phi) is 10.0. The number of allylic oxidation sites excluding steroid dienone is 2. The molecule has 1 saturated heterocycles. The van der Waals surface area contributed by atoms with Gasteiger partial charge in [-0.25, -0.2) is 0 Å². The number of amides is 4. The first-order chi connectivity index (χ1) is 19.2. The van der Waals surface area contributed by atoms with Crippen LogP contribution in [0.3, 0.4) is 0 Å². The molecule has 2 aromatic carbocycles. The summed E-state index contributed by atoms with van der Waals surface area (Å²) in [6, 6.07) is 13.7. The molecule has 0 radical (unpaired) electrons. The smallest absolute Gasteiger partial charge is 0.243 e. The highest BCUT2D eigenvalue weighted by Gasteiger charge is 2.47. The highest BCUT2D eigenvalue weighted by atomic mass is 35.5. The fraction of sp³-hybridized carbons (Fsp3) is 0.419. The first-order valence-corrected chi connectivity index (χ1v) is 14.5. The van der Waals surface area contributed by atoms with Crippen LogP contribution in [0.1, 0.15) is 44.2 Å². The van der Waals surface area contributed by atoms with E-state index < -0.39 is 6.04 Å². The van der Waals surface area contributed by atoms with E-state index in [0.717, 1.165) is 5.56 Å². The lowest BCUT2D eigenvalue weighted by atomic mass is 9.85. The summed E-state index contributed by atoms with van der Waals surface area (Å²) < 4.78 is 0. The van der Waals surface area contributed by atoms with Crippen LogP contribution in [0.4, 0.5) is 0 Å². The number of hydrogen-bond acceptors (Lipinski definition) is 4. The van der Waals surface area contributed by atoms with E-state index >= 15 is 0 Å². The maximum absolute atomic E-state index is 13.9. The van der Waals surface area contributed by atoms with Crippen LogP contribution in [0.5, 0.6) is 0 Å². The molecule has 3 atom stereocenters. The maximum Gasteiger partial charge on any atom is 0.243 e. The third kappa shape index (κ3) is 6.94. The van der Waals surface area contributed by atoms with E-state index in [4.69, 9.17) is 23.2 Å². The van der Waals surface area contributed by atoms with Gasteiger partial charge in [-0.2, -0.15) is 0 Å². The second kappa shape index (κ2) is 13.5. The second-order valence-electron chi connectivity index (χ2n) is 10.8. The Morgan fingerprint density at radius 3 is 2.12 bits per heavy atom. The minimum atomic E-state index is -0.863. The molecule has 0 aromatic heterocycles. The average molecular weight is 585 g/mol. The van der Waals surface area contributed by atoms with Gasteiger partial charge in [-0.15, -0.1) is 0 Å². The largest absolute Gasteiger partial charge is 0.354 e. The summed E-state index contributed by atoms with van der Waals surface area (Å²) in [5, 5.41) is 3.74. The van der Waals surface area contributed by atoms with Crippen molar-refractivity contribution < 1.29 is 19.2 Å². The van der Waals surface area contributed by atoms with Crippen molar-refractivity contribution in [3.63, 3.8) is 0 Å². The second-order valence-corrected chi connectivity index (χ2v) is 11.6. The van der Waals surface area contributed by atoms with Gasteiger partial charge >= 0.3 is 0 Å². The van der Waals surface area contributed by atoms with Crippen molar-refractivity contribution in [2.45, 2.75) is 52.1 Å². The molecule has 2 aliphatic rings. The van der Waals surface area contributed by atoms with Gasteiger partial charge in [0.15, 0.2) is 0 Å². The van der Waals surface area contributed by atoms with Crippen molar-refractivity contribution in [2.75, 3.05) is 13.1 Å². The van der Waals surface area contributed by atoms with Crippen LogP contribution in [0.25, 0.3) is 0 Å². The molecule has 1 N–H and O–H groups in total. The normalized spacial score (nSPS) is 19.1. The topological polar surface area (TPSA) is 86.8 Å². The number of likely N-dealkylation sites (tertiary alicyclic amines) is 1. The van der Waals surface area contributed by atoms with Gasteiger partial charge in [0.25, 0.3) is 0 Å². The van der Waals surface area contributed by atoms with Crippen molar-refractivity contribution in [1.82, 2.24) is 15.1 Å². The minimum Gasteiger partial charge on any atom is -0.354 e. The lowest BCUT2D eigenvalue weighted by Crippen LogP contribution is -2.51. The van der Waals surface area contributed by atoms with Crippen molar-refractivity contribution in [2.24, 2.45) is 17.8 Å². The first kappa shape index (κ1) is 29.8. The first-order valence-electron chi connectivity index (χ1n) is 13.7. The van der Waals surface area contributed by atoms with Crippen LogP contribution < -0.4 is 5.32 Å². The van der Waals surface area contributed by atoms with Gasteiger partial charge in [0.2, 0.25) is 23.6 Å². The lowest BCUT2D eigenvalue weighted by Gasteiger charge is -2.32. The van der Waals surface area contributed by atoms with E-state index in [1.807, 2.05) is 56.3 Å². The van der Waals surface area contributed by atoms with Crippen molar-refractivity contribution in [3.8, 4) is 0 Å². The summed E-state index contributed by atoms with van der Waals surface area (Å²) in [6.07, 6.45) is 5.09. The predicted octanol–water partition coefficient (Wildman–Crippen LogP) is 5.05. The molecule has 0 unspecified atom stereocenters. The Bertz CT molecular complexity index is 1230. The maximum atomic E-state index is 13.9. The van der Waals surface area contributed by atoms with Crippen molar-refractivity contribution in [1.29, 1.82) is 0 Å². The van der Waals surface area contributed by atoms with Gasteiger partial charge in [-0.1, -0.05) is 85.6 Å². The molecule has 40 heavy (non-hydrogen) atoms. The summed E-state index contributed by atoms with van der Waals surface area (Å²) in [6.45, 7) is 4.40. The SMILES string of the molecule is CC(C)CNC(=O)[C@@H](Cc1ccccc1)N(Cc1c(Cl)cccc1Cl)C(=O)CCN1C(=O)[C@H]2CC=CC[C@H]2C1=O. The fourth-order valence-electron chi connectivity index (χ4n) is 5.27. The molecule has 1 aliphatic carbocycles. The van der Waals surface area contributed by atoms with E-state index in [0.29, 0.717) is 35.0 Å². The summed E-state index contributed by atoms with van der Waals surface area (Å²) in [5.41, 5.74) is 1.41. The summed E-state index contributed by atoms with van der Waals surface area (Å²) >= 11 is 13.0. The monoisotopic (exact) mass is 583 g/mol. The van der Waals surface area contributed by atoms with Gasteiger partial charge < -0.3 is 10.2 Å². The molecule has 0 bridgehead atoms. The van der Waals surface area contributed by atoms with Gasteiger partial charge in [0, 0.05) is 48.1 Å². The number of carbonyl (C=O) groups is 4. The number of benzene rings is 2. The van der Waals surface area contributed by atoms with E-state index in [1.165, 1.54) is 9.80 Å². The number of imide groups is 1. The van der Waals surface area contributed by atoms with Crippen molar-refractivity contribution >= 4 is 46.8 Å². The summed E-state index contributed by atoms with van der Waals surface area (Å²) in [7, 11) is 0. The molecule has 1 aliphatic heterocycles. The molecule has 2 aromatic rings. The molecule has 7 nitrogen and oxygen atoms in total. The number of rotatable bonds is 11. The molecular weight excluding hydrogens is 549 g/mol. The lowest BCUT2D eigenvalue weighted by molar-refractivity contribution is -0.144. The standard InChI is InChI=1S/C31H35Cl2N3O4/c1-20(2)18-34-29(38)27(17-21-9-4-3-5-10-21)36(19-24-25(32)13-8-14-26(24)33)28(37)15-16-35-30(39)22-11-6-7-12-23(22)31(35)40/h3-10,13-14,20,22-23,27H,11-12,15-19H2,1-2H3,(H,34,38)/t22-,23+,27-/m1/s1. The predicted molar refractivity (Wildman–Crippen MR) is 155 cm³/mol. The Morgan fingerprint density at radius 1 is 0.950 bits per heavy atom. The van der Waals surface area contributed by atoms with E-state index in [9.17, 15) is 19.2 Å². The number of fused-ring (bicyclic) bond motifs is 1. The average Bonchev–Trinajstić information content (AvgIpc) is 3.19. The molecule has 4 amide bonds. The molecule has 4 rings (SSSR count). The number of carbonyl (C=O) groups excluding carboxylic acids is 4. The van der Waals surface area contributed by atoms with Gasteiger partial charge in [0.05, 0.1) is 11.8 Å². The quantitative estimate of drug-likeness (QED) is 0.296. The Labute approximate surface area is 245 Å². The molecule has 1 fully saturated rings. The van der Waals surface area contributed by atoms with Crippen LogP contribution in [0.15, 0.2) is 60.7 Å². The minimum absolute atomic E-state index is 0.000994. The highest BCUT2D eigenvalue weighted by Crippen LogP contribution is 2.35. The number of halogens is 2. The van der Waals surface area contributed by atoms with Crippen LogP contribution in [-0.2, 0) is 32.1 Å². The van der Waals surface area contributed by atoms with Crippen LogP contribution in [-0.4, -0.2) is 52.6 Å². The molecular formula is C31H35Cl2N3O4. The Balaban J connectivity index is 1.62. The van der Waals surface area contributed by atoms with E-state index in [-0.39, 0.29) is 67.3 Å². The van der Waals surface area contributed by atoms with Crippen LogP contribution in [0, 0.1) is 17.8 Å². The summed E-state index contributed by atoms with van der Waals surface area (Å²) in [5.74, 6) is -1.64. The Hall–Kier alpha value is -3.16. The third-order valence-electron chi connectivity index (χ3n) is 7.49. The van der Waals surface area contributed by atoms with Gasteiger partial charge in [-0.05, 0) is 36.5 Å². The fourth-order valence-corrected chi connectivity index (χ4v) is 5.79. The molecule has 212 valence electrons. The molecule has 0 spiro atoms. The number of nitrogens with one attached hydrogen (secondary N) is 1. The zero-order valence-electron chi connectivity index (χ0n) is 22.8. The summed E-state index contributed by atoms with van der Waals surface area (Å²) in [4.78, 5) is 56.2. The molecule has 1 heterocycles. The number of hydrogen-bond donors (Lipinski definition) is 1. The van der Waals surface area contributed by atoms with Crippen LogP contribution >= 0.6 is 23.2 Å². The zero-order chi connectivity index (χ0) is 28.8. The molecule has 0 saturated carbocycles. The Morgan fingerprint density at radius 2 is 1.55 bits per heavy atom. The van der Waals surface area contributed by atoms with Gasteiger partial charge in [0.1, 0.15) is 6.04 Å². The van der Waals surface area contributed by atoms with Crippen molar-refractivity contribution in [3.05, 3.63) is 81.9 Å². The van der Waals surface area contributed by atoms with Gasteiger partial charge in [-0.3, -0.25) is 24.1 Å². The van der Waals surface area contributed by atoms with E-state index in [2.05, 4.69) is 5.32 Å². The number of nitrogens with zero attached hydrogens (tertiary/aromatic N) is 2. The highest BCUT2D eigenvalue weighted by molar-refractivity contribution is 6.36. The van der Waals surface area contributed by atoms with Crippen LogP contribution in [0.2, 0.25) is 10.0 Å². The van der Waals surface area contributed by atoms with E-state index in [1.54, 1.807) is 18.2 Å². The zero-order valence-corrected chi connectivity index (χ0v) is 24.3. The molecule has 9 heteroatoms.